The molecule has 6 nitrogen and oxygen atoms in total. The summed E-state index contributed by atoms with van der Waals surface area (Å²) in [4.78, 5) is 24.9. The van der Waals surface area contributed by atoms with Crippen LogP contribution >= 0.6 is 11.6 Å². The molecule has 2 aliphatic rings. The molecule has 9 heteroatoms. The average molecular weight is 589 g/mol. The molecular weight excluding hydrogens is 562 g/mol. The predicted molar refractivity (Wildman–Crippen MR) is 155 cm³/mol. The molecule has 214 valence electrons. The number of rotatable bonds is 4. The molecule has 2 bridgehead atoms. The summed E-state index contributed by atoms with van der Waals surface area (Å²) in [5.74, 6) is -2.13. The number of methoxy groups -OCH3 is 1. The summed E-state index contributed by atoms with van der Waals surface area (Å²) < 4.78 is 34.7. The second-order valence-corrected chi connectivity index (χ2v) is 11.3. The molecule has 4 aromatic rings. The van der Waals surface area contributed by atoms with E-state index < -0.39 is 11.6 Å². The second kappa shape index (κ2) is 11.2. The van der Waals surface area contributed by atoms with Crippen molar-refractivity contribution >= 4 is 29.2 Å². The lowest BCUT2D eigenvalue weighted by Gasteiger charge is -2.20. The number of ether oxygens (including phenoxy) is 1. The lowest BCUT2D eigenvalue weighted by atomic mass is 9.86. The van der Waals surface area contributed by atoms with Gasteiger partial charge in [-0.2, -0.15) is 4.73 Å². The molecule has 1 amide bonds. The maximum absolute atomic E-state index is 14.7. The van der Waals surface area contributed by atoms with Crippen molar-refractivity contribution in [3.8, 4) is 22.3 Å². The molecule has 2 heterocycles. The lowest BCUT2D eigenvalue weighted by Crippen LogP contribution is -2.34. The molecule has 1 saturated carbocycles. The molecular formula is C33H27ClF2N2O4. The van der Waals surface area contributed by atoms with Gasteiger partial charge in [0.15, 0.2) is 17.7 Å². The Bertz CT molecular complexity index is 1730. The Balaban J connectivity index is 1.43. The van der Waals surface area contributed by atoms with Crippen LogP contribution < -0.4 is 10.0 Å². The fraction of sp³-hybridized carbons (Fsp3) is 0.242. The highest BCUT2D eigenvalue weighted by Gasteiger charge is 2.42. The van der Waals surface area contributed by atoms with Crippen molar-refractivity contribution in [3.63, 3.8) is 0 Å². The Labute approximate surface area is 246 Å². The van der Waals surface area contributed by atoms with Crippen LogP contribution in [-0.4, -0.2) is 19.0 Å². The molecule has 0 radical (unpaired) electrons. The monoisotopic (exact) mass is 588 g/mol. The average Bonchev–Trinajstić information content (AvgIpc) is 3.70. The zero-order valence-corrected chi connectivity index (χ0v) is 23.5. The van der Waals surface area contributed by atoms with Crippen LogP contribution in [0.3, 0.4) is 0 Å². The van der Waals surface area contributed by atoms with E-state index in [0.717, 1.165) is 35.2 Å². The van der Waals surface area contributed by atoms with Crippen LogP contribution in [0, 0.1) is 28.7 Å². The normalized spacial score (nSPS) is 19.4. The van der Waals surface area contributed by atoms with Crippen LogP contribution in [0.1, 0.15) is 42.0 Å². The number of hydrogen-bond acceptors (Lipinski definition) is 4. The van der Waals surface area contributed by atoms with Gasteiger partial charge in [0.2, 0.25) is 5.91 Å². The quantitative estimate of drug-likeness (QED) is 0.123. The number of fused-ring (bicyclic) bond motifs is 5. The van der Waals surface area contributed by atoms with E-state index in [9.17, 15) is 23.6 Å². The molecule has 1 aliphatic heterocycles. The largest absolute Gasteiger partial charge is 0.618 e. The number of amides is 1. The minimum Gasteiger partial charge on any atom is -0.618 e. The van der Waals surface area contributed by atoms with Gasteiger partial charge in [-0.3, -0.25) is 9.59 Å². The van der Waals surface area contributed by atoms with Gasteiger partial charge in [0, 0.05) is 23.7 Å². The van der Waals surface area contributed by atoms with E-state index in [1.165, 1.54) is 19.4 Å². The highest BCUT2D eigenvalue weighted by atomic mass is 35.5. The van der Waals surface area contributed by atoms with Crippen LogP contribution in [0.25, 0.3) is 22.3 Å². The summed E-state index contributed by atoms with van der Waals surface area (Å²) >= 11 is 5.88. The van der Waals surface area contributed by atoms with Gasteiger partial charge in [-0.15, -0.1) is 0 Å². The minimum absolute atomic E-state index is 0.0783. The number of hydrogen-bond donors (Lipinski definition) is 1. The molecule has 0 unspecified atom stereocenters. The lowest BCUT2D eigenvalue weighted by molar-refractivity contribution is -0.614. The zero-order chi connectivity index (χ0) is 29.5. The van der Waals surface area contributed by atoms with Crippen molar-refractivity contribution in [1.82, 2.24) is 0 Å². The summed E-state index contributed by atoms with van der Waals surface area (Å²) in [5.41, 5.74) is 4.02. The smallest absolute Gasteiger partial charge is 0.309 e. The number of aromatic nitrogens is 1. The Morgan fingerprint density at radius 1 is 1.05 bits per heavy atom. The van der Waals surface area contributed by atoms with Crippen molar-refractivity contribution in [1.29, 1.82) is 0 Å². The second-order valence-electron chi connectivity index (χ2n) is 10.9. The number of carbonyl (C=O) groups is 2. The van der Waals surface area contributed by atoms with E-state index in [-0.39, 0.29) is 52.2 Å². The van der Waals surface area contributed by atoms with Gasteiger partial charge in [0.1, 0.15) is 5.82 Å². The number of carbonyl (C=O) groups excluding carboxylic acids is 2. The van der Waals surface area contributed by atoms with Crippen LogP contribution in [0.2, 0.25) is 5.02 Å². The van der Waals surface area contributed by atoms with Gasteiger partial charge >= 0.3 is 5.97 Å². The number of nitrogens with one attached hydrogen (secondary N) is 1. The predicted octanol–water partition coefficient (Wildman–Crippen LogP) is 6.80. The summed E-state index contributed by atoms with van der Waals surface area (Å²) in [7, 11) is 1.33. The molecule has 42 heavy (non-hydrogen) atoms. The molecule has 0 saturated heterocycles. The Kier molecular flexibility index (Phi) is 7.41. The first kappa shape index (κ1) is 27.8. The molecule has 3 atom stereocenters. The summed E-state index contributed by atoms with van der Waals surface area (Å²) in [5, 5.41) is 16.3. The molecule has 1 fully saturated rings. The van der Waals surface area contributed by atoms with E-state index in [1.807, 2.05) is 36.4 Å². The van der Waals surface area contributed by atoms with Crippen molar-refractivity contribution < 1.29 is 27.8 Å². The van der Waals surface area contributed by atoms with Crippen LogP contribution in [0.15, 0.2) is 72.9 Å². The fourth-order valence-electron chi connectivity index (χ4n) is 5.94. The highest BCUT2D eigenvalue weighted by molar-refractivity contribution is 6.31. The first-order chi connectivity index (χ1) is 20.2. The van der Waals surface area contributed by atoms with Crippen molar-refractivity contribution in [2.24, 2.45) is 11.8 Å². The third-order valence-electron chi connectivity index (χ3n) is 8.22. The number of nitrogens with zero attached hydrogens (tertiary/aromatic N) is 1. The van der Waals surface area contributed by atoms with Gasteiger partial charge < -0.3 is 15.3 Å². The van der Waals surface area contributed by atoms with E-state index >= 15 is 0 Å². The van der Waals surface area contributed by atoms with Gasteiger partial charge in [-0.05, 0) is 65.6 Å². The van der Waals surface area contributed by atoms with E-state index in [0.29, 0.717) is 34.5 Å². The van der Waals surface area contributed by atoms with Crippen molar-refractivity contribution in [2.45, 2.75) is 31.6 Å². The van der Waals surface area contributed by atoms with Gasteiger partial charge in [0.25, 0.3) is 0 Å². The number of halogens is 3. The summed E-state index contributed by atoms with van der Waals surface area (Å²) in [6.07, 6.45) is 3.11. The fourth-order valence-corrected chi connectivity index (χ4v) is 6.10. The zero-order valence-electron chi connectivity index (χ0n) is 22.7. The standard InChI is InChI=1S/C33H27ClF2N2O4/c1-42-31(40)12-18-5-7-24-19-3-2-4-20(13-19)25(15-22-14-23(22)16-30(39)37-28(24)11-18)29-10-6-21(17-38(29)41)32-27(35)9-8-26(34)33(32)36/h2-11,13,17,22-23,25H,12,14-16H2,1H3,(H,37,39)/t22-,23-,25+/m1/s1. The molecule has 3 aromatic carbocycles. The maximum atomic E-state index is 14.7. The molecule has 1 aliphatic carbocycles. The number of esters is 1. The first-order valence-corrected chi connectivity index (χ1v) is 14.1. The number of benzene rings is 3. The van der Waals surface area contributed by atoms with E-state index in [2.05, 4.69) is 5.32 Å². The van der Waals surface area contributed by atoms with Crippen LogP contribution in [0.5, 0.6) is 0 Å². The first-order valence-electron chi connectivity index (χ1n) is 13.7. The van der Waals surface area contributed by atoms with Crippen molar-refractivity contribution in [2.75, 3.05) is 12.4 Å². The van der Waals surface area contributed by atoms with Gasteiger partial charge in [-0.1, -0.05) is 48.0 Å². The molecule has 1 N–H and O–H groups in total. The number of pyridine rings is 1. The van der Waals surface area contributed by atoms with Gasteiger partial charge in [-0.25, -0.2) is 8.78 Å². The maximum Gasteiger partial charge on any atom is 0.309 e. The third kappa shape index (κ3) is 5.46. The third-order valence-corrected chi connectivity index (χ3v) is 8.52. The van der Waals surface area contributed by atoms with E-state index in [1.54, 1.807) is 12.1 Å². The molecule has 1 aromatic heterocycles. The Morgan fingerprint density at radius 3 is 2.67 bits per heavy atom. The topological polar surface area (TPSA) is 82.3 Å². The Hall–Kier alpha value is -4.30. The molecule has 6 rings (SSSR count). The number of anilines is 1. The van der Waals surface area contributed by atoms with Crippen LogP contribution in [0.4, 0.5) is 14.5 Å². The van der Waals surface area contributed by atoms with Gasteiger partial charge in [0.05, 0.1) is 35.6 Å². The van der Waals surface area contributed by atoms with E-state index in [4.69, 9.17) is 16.3 Å². The Morgan fingerprint density at radius 2 is 1.88 bits per heavy atom. The summed E-state index contributed by atoms with van der Waals surface area (Å²) in [6.45, 7) is 0. The highest BCUT2D eigenvalue weighted by Crippen LogP contribution is 2.49. The minimum atomic E-state index is -0.921. The SMILES string of the molecule is COC(=O)Cc1ccc2c(c1)NC(=O)C[C@H]1C[C@@H]1C[C@H](c1ccc(-c3c(F)ccc(Cl)c3F)c[n+]1[O-])c1cccc-2c1. The molecule has 0 spiro atoms. The summed E-state index contributed by atoms with van der Waals surface area (Å²) in [6, 6.07) is 18.6. The van der Waals surface area contributed by atoms with Crippen molar-refractivity contribution in [3.05, 3.63) is 112 Å². The van der Waals surface area contributed by atoms with Crippen LogP contribution in [-0.2, 0) is 20.7 Å².